The van der Waals surface area contributed by atoms with Crippen molar-refractivity contribution in [1.29, 1.82) is 0 Å². The Kier molecular flexibility index (Phi) is 4.47. The lowest BCUT2D eigenvalue weighted by molar-refractivity contribution is -0.133. The van der Waals surface area contributed by atoms with E-state index in [1.807, 2.05) is 12.1 Å². The molecule has 0 bridgehead atoms. The van der Waals surface area contributed by atoms with Gasteiger partial charge in [-0.25, -0.2) is 8.42 Å². The van der Waals surface area contributed by atoms with Gasteiger partial charge in [-0.1, -0.05) is 24.3 Å². The van der Waals surface area contributed by atoms with Gasteiger partial charge in [0.1, 0.15) is 0 Å². The summed E-state index contributed by atoms with van der Waals surface area (Å²) in [5.74, 6) is 0.0124. The first kappa shape index (κ1) is 16.5. The molecule has 6 heteroatoms. The molecule has 23 heavy (non-hydrogen) atoms. The predicted molar refractivity (Wildman–Crippen MR) is 89.6 cm³/mol. The number of hydrogen-bond donors (Lipinski definition) is 0. The maximum Gasteiger partial charge on any atom is 0.236 e. The fraction of sp³-hybridized carbons (Fsp3) is 0.588. The summed E-state index contributed by atoms with van der Waals surface area (Å²) in [5, 5.41) is -0.410. The second-order valence-electron chi connectivity index (χ2n) is 6.78. The van der Waals surface area contributed by atoms with Crippen molar-refractivity contribution < 1.29 is 13.2 Å². The van der Waals surface area contributed by atoms with Gasteiger partial charge in [0.15, 0.2) is 9.84 Å². The third-order valence-electron chi connectivity index (χ3n) is 5.12. The van der Waals surface area contributed by atoms with Gasteiger partial charge in [-0.3, -0.25) is 9.69 Å². The van der Waals surface area contributed by atoms with Crippen molar-refractivity contribution in [2.45, 2.75) is 43.6 Å². The first-order chi connectivity index (χ1) is 10.9. The van der Waals surface area contributed by atoms with E-state index >= 15 is 0 Å². The zero-order valence-corrected chi connectivity index (χ0v) is 14.6. The van der Waals surface area contributed by atoms with Crippen LogP contribution in [-0.2, 0) is 27.7 Å². The van der Waals surface area contributed by atoms with E-state index in [0.717, 1.165) is 25.9 Å². The van der Waals surface area contributed by atoms with Crippen molar-refractivity contribution in [1.82, 2.24) is 9.80 Å². The van der Waals surface area contributed by atoms with E-state index in [4.69, 9.17) is 0 Å². The summed E-state index contributed by atoms with van der Waals surface area (Å²) >= 11 is 0. The summed E-state index contributed by atoms with van der Waals surface area (Å²) in [6.07, 6.45) is 3.59. The molecule has 0 unspecified atom stereocenters. The number of carbonyl (C=O) groups excluding carboxylic acids is 1. The van der Waals surface area contributed by atoms with Crippen LogP contribution in [0.1, 0.15) is 30.4 Å². The van der Waals surface area contributed by atoms with E-state index in [1.165, 1.54) is 17.4 Å². The molecule has 1 heterocycles. The molecule has 0 radical (unpaired) electrons. The highest BCUT2D eigenvalue weighted by molar-refractivity contribution is 7.91. The summed E-state index contributed by atoms with van der Waals surface area (Å²) < 4.78 is 23.8. The Balaban J connectivity index is 1.63. The number of nitrogens with zero attached hydrogens (tertiary/aromatic N) is 2. The highest BCUT2D eigenvalue weighted by Crippen LogP contribution is 2.29. The van der Waals surface area contributed by atoms with Crippen LogP contribution in [0.25, 0.3) is 0 Å². The van der Waals surface area contributed by atoms with E-state index in [2.05, 4.69) is 17.0 Å². The first-order valence-electron chi connectivity index (χ1n) is 8.10. The topological polar surface area (TPSA) is 57.7 Å². The first-order valence-corrected chi connectivity index (χ1v) is 10.1. The number of sulfone groups is 1. The SMILES string of the molecule is CN(C(=O)CN1Cc2ccccc2C1)[C@H]1CCC[C@H]1S(C)(=O)=O. The fourth-order valence-electron chi connectivity index (χ4n) is 3.85. The van der Waals surface area contributed by atoms with Crippen LogP contribution in [0, 0.1) is 0 Å². The van der Waals surface area contributed by atoms with Gasteiger partial charge >= 0.3 is 0 Å². The summed E-state index contributed by atoms with van der Waals surface area (Å²) in [7, 11) is -1.36. The van der Waals surface area contributed by atoms with Crippen molar-refractivity contribution >= 4 is 15.7 Å². The van der Waals surface area contributed by atoms with Crippen LogP contribution in [0.5, 0.6) is 0 Å². The second kappa shape index (κ2) is 6.24. The third-order valence-corrected chi connectivity index (χ3v) is 6.77. The lowest BCUT2D eigenvalue weighted by Crippen LogP contribution is -2.47. The lowest BCUT2D eigenvalue weighted by Gasteiger charge is -2.30. The van der Waals surface area contributed by atoms with Gasteiger partial charge in [-0.15, -0.1) is 0 Å². The van der Waals surface area contributed by atoms with Gasteiger partial charge in [-0.05, 0) is 30.4 Å². The standard InChI is InChI=1S/C17H24N2O3S/c1-18(15-8-5-9-16(15)23(2,21)22)17(20)12-19-10-13-6-3-4-7-14(13)11-19/h3-4,6-7,15-16H,5,8-12H2,1-2H3/t15-,16+/m0/s1. The summed E-state index contributed by atoms with van der Waals surface area (Å²) in [6.45, 7) is 1.92. The molecule has 0 aromatic heterocycles. The lowest BCUT2D eigenvalue weighted by atomic mass is 10.1. The Morgan fingerprint density at radius 3 is 2.39 bits per heavy atom. The van der Waals surface area contributed by atoms with Gasteiger partial charge in [0.05, 0.1) is 11.8 Å². The van der Waals surface area contributed by atoms with Crippen molar-refractivity contribution in [3.05, 3.63) is 35.4 Å². The maximum absolute atomic E-state index is 12.6. The number of fused-ring (bicyclic) bond motifs is 1. The van der Waals surface area contributed by atoms with Crippen LogP contribution < -0.4 is 0 Å². The number of rotatable bonds is 4. The number of hydrogen-bond acceptors (Lipinski definition) is 4. The molecule has 0 spiro atoms. The molecule has 2 aliphatic rings. The molecule has 1 aromatic rings. The quantitative estimate of drug-likeness (QED) is 0.834. The van der Waals surface area contributed by atoms with Crippen molar-refractivity contribution in [2.75, 3.05) is 19.8 Å². The minimum Gasteiger partial charge on any atom is -0.340 e. The van der Waals surface area contributed by atoms with Crippen LogP contribution in [0.2, 0.25) is 0 Å². The molecule has 1 aliphatic heterocycles. The summed E-state index contributed by atoms with van der Waals surface area (Å²) in [5.41, 5.74) is 2.55. The molecule has 3 rings (SSSR count). The van der Waals surface area contributed by atoms with Gasteiger partial charge < -0.3 is 4.90 Å². The predicted octanol–water partition coefficient (Wildman–Crippen LogP) is 1.43. The van der Waals surface area contributed by atoms with Crippen LogP contribution in [0.15, 0.2) is 24.3 Å². The summed E-state index contributed by atoms with van der Waals surface area (Å²) in [4.78, 5) is 16.4. The van der Waals surface area contributed by atoms with Crippen molar-refractivity contribution in [3.8, 4) is 0 Å². The van der Waals surface area contributed by atoms with E-state index < -0.39 is 15.1 Å². The number of benzene rings is 1. The van der Waals surface area contributed by atoms with Crippen LogP contribution >= 0.6 is 0 Å². The van der Waals surface area contributed by atoms with E-state index in [1.54, 1.807) is 11.9 Å². The van der Waals surface area contributed by atoms with Crippen LogP contribution in [-0.4, -0.2) is 55.3 Å². The van der Waals surface area contributed by atoms with Crippen LogP contribution in [0.4, 0.5) is 0 Å². The highest BCUT2D eigenvalue weighted by atomic mass is 32.2. The molecule has 1 fully saturated rings. The van der Waals surface area contributed by atoms with E-state index in [9.17, 15) is 13.2 Å². The van der Waals surface area contributed by atoms with Crippen molar-refractivity contribution in [3.63, 3.8) is 0 Å². The van der Waals surface area contributed by atoms with Crippen molar-refractivity contribution in [2.24, 2.45) is 0 Å². The Bertz CT molecular complexity index is 677. The molecule has 0 saturated heterocycles. The summed E-state index contributed by atoms with van der Waals surface area (Å²) in [6, 6.07) is 8.06. The molecule has 1 aliphatic carbocycles. The average molecular weight is 336 g/mol. The minimum atomic E-state index is -3.11. The van der Waals surface area contributed by atoms with Crippen LogP contribution in [0.3, 0.4) is 0 Å². The number of amides is 1. The third kappa shape index (κ3) is 3.43. The smallest absolute Gasteiger partial charge is 0.236 e. The van der Waals surface area contributed by atoms with Gasteiger partial charge in [0, 0.05) is 32.4 Å². The molecule has 5 nitrogen and oxygen atoms in total. The van der Waals surface area contributed by atoms with Gasteiger partial charge in [-0.2, -0.15) is 0 Å². The molecule has 126 valence electrons. The maximum atomic E-state index is 12.6. The monoisotopic (exact) mass is 336 g/mol. The molecular weight excluding hydrogens is 312 g/mol. The molecular formula is C17H24N2O3S. The Hall–Kier alpha value is -1.40. The zero-order valence-electron chi connectivity index (χ0n) is 13.7. The number of carbonyl (C=O) groups is 1. The second-order valence-corrected chi connectivity index (χ2v) is 9.05. The Morgan fingerprint density at radius 2 is 1.83 bits per heavy atom. The molecule has 1 aromatic carbocycles. The van der Waals surface area contributed by atoms with E-state index in [-0.39, 0.29) is 11.9 Å². The van der Waals surface area contributed by atoms with E-state index in [0.29, 0.717) is 13.0 Å². The largest absolute Gasteiger partial charge is 0.340 e. The van der Waals surface area contributed by atoms with Gasteiger partial charge in [0.2, 0.25) is 5.91 Å². The highest BCUT2D eigenvalue weighted by Gasteiger charge is 2.39. The molecule has 0 N–H and O–H groups in total. The molecule has 1 saturated carbocycles. The molecule has 1 amide bonds. The zero-order chi connectivity index (χ0) is 16.6. The Labute approximate surface area is 138 Å². The fourth-order valence-corrected chi connectivity index (χ4v) is 5.34. The Morgan fingerprint density at radius 1 is 1.22 bits per heavy atom. The molecule has 2 atom stereocenters. The number of likely N-dealkylation sites (N-methyl/N-ethyl adjacent to an activating group) is 1. The average Bonchev–Trinajstić information content (AvgIpc) is 3.11. The minimum absolute atomic E-state index is 0.0124. The van der Waals surface area contributed by atoms with Gasteiger partial charge in [0.25, 0.3) is 0 Å². The normalized spacial score (nSPS) is 24.6.